The molecule has 0 saturated heterocycles. The molecule has 0 aromatic heterocycles. The number of alkyl halides is 6. The van der Waals surface area contributed by atoms with Gasteiger partial charge in [-0.2, -0.15) is 26.3 Å². The van der Waals surface area contributed by atoms with Gasteiger partial charge in [-0.05, 0) is 72.4 Å². The van der Waals surface area contributed by atoms with Crippen LogP contribution in [0.4, 0.5) is 31.1 Å². The molecule has 0 saturated carbocycles. The summed E-state index contributed by atoms with van der Waals surface area (Å²) in [4.78, 5) is 25.4. The van der Waals surface area contributed by atoms with E-state index in [1.54, 1.807) is 20.8 Å². The maximum atomic E-state index is 13.6. The number of halogens is 6. The monoisotopic (exact) mass is 646 g/mol. The molecule has 0 aliphatic rings. The van der Waals surface area contributed by atoms with E-state index >= 15 is 0 Å². The Bertz CT molecular complexity index is 1230. The normalized spacial score (nSPS) is 13.4. The van der Waals surface area contributed by atoms with Gasteiger partial charge in [0.25, 0.3) is 5.60 Å². The van der Waals surface area contributed by atoms with Crippen LogP contribution >= 0.6 is 0 Å². The molecule has 0 fully saturated rings. The summed E-state index contributed by atoms with van der Waals surface area (Å²) in [5.41, 5.74) is -4.08. The quantitative estimate of drug-likeness (QED) is 0.123. The third kappa shape index (κ3) is 9.37. The van der Waals surface area contributed by atoms with Crippen molar-refractivity contribution >= 4 is 12.4 Å². The van der Waals surface area contributed by atoms with E-state index < -0.39 is 29.5 Å². The number of rotatable bonds is 14. The Morgan fingerprint density at radius 1 is 0.911 bits per heavy atom. The molecule has 2 aromatic rings. The van der Waals surface area contributed by atoms with Gasteiger partial charge in [-0.15, -0.1) is 0 Å². The number of hydrogen-bond acceptors (Lipinski definition) is 4. The Balaban J connectivity index is 2.11. The lowest BCUT2D eigenvalue weighted by atomic mass is 9.86. The Hall–Kier alpha value is -3.28. The number of carbonyl (C=O) groups excluding carboxylic acids is 2. The zero-order valence-electron chi connectivity index (χ0n) is 26.7. The Labute approximate surface area is 261 Å². The second-order valence-corrected chi connectivity index (χ2v) is 12.2. The van der Waals surface area contributed by atoms with Crippen LogP contribution in [0.15, 0.2) is 36.4 Å². The van der Waals surface area contributed by atoms with Gasteiger partial charge >= 0.3 is 18.4 Å². The van der Waals surface area contributed by atoms with Crippen molar-refractivity contribution in [3.05, 3.63) is 64.2 Å². The van der Waals surface area contributed by atoms with Crippen LogP contribution in [-0.2, 0) is 28.7 Å². The van der Waals surface area contributed by atoms with Crippen molar-refractivity contribution < 1.29 is 45.8 Å². The lowest BCUT2D eigenvalue weighted by molar-refractivity contribution is -0.376. The van der Waals surface area contributed by atoms with Gasteiger partial charge in [-0.3, -0.25) is 9.69 Å². The predicted molar refractivity (Wildman–Crippen MR) is 160 cm³/mol. The van der Waals surface area contributed by atoms with Gasteiger partial charge in [0, 0.05) is 12.1 Å². The molecule has 0 bridgehead atoms. The van der Waals surface area contributed by atoms with E-state index in [-0.39, 0.29) is 54.3 Å². The summed E-state index contributed by atoms with van der Waals surface area (Å²) >= 11 is 0. The van der Waals surface area contributed by atoms with Gasteiger partial charge in [0.05, 0.1) is 12.6 Å². The largest absolute Gasteiger partial charge is 0.493 e. The molecular weight excluding hydrogens is 602 g/mol. The smallest absolute Gasteiger partial charge is 0.430 e. The summed E-state index contributed by atoms with van der Waals surface area (Å²) in [7, 11) is 0. The number of imide groups is 1. The number of carbonyl (C=O) groups is 2. The Morgan fingerprint density at radius 3 is 1.84 bits per heavy atom. The van der Waals surface area contributed by atoms with Crippen LogP contribution in [0.5, 0.6) is 5.75 Å². The number of ether oxygens (including phenoxy) is 1. The fourth-order valence-electron chi connectivity index (χ4n) is 4.93. The van der Waals surface area contributed by atoms with Crippen LogP contribution < -0.4 is 10.1 Å². The highest BCUT2D eigenvalue weighted by molar-refractivity contribution is 5.84. The first-order valence-electron chi connectivity index (χ1n) is 15.1. The van der Waals surface area contributed by atoms with Gasteiger partial charge in [0.15, 0.2) is 0 Å². The van der Waals surface area contributed by atoms with Crippen LogP contribution in [0.2, 0.25) is 0 Å². The third-order valence-corrected chi connectivity index (χ3v) is 7.56. The van der Waals surface area contributed by atoms with Gasteiger partial charge < -0.3 is 15.2 Å². The van der Waals surface area contributed by atoms with Crippen molar-refractivity contribution in [3.8, 4) is 5.75 Å². The first kappa shape index (κ1) is 37.9. The Morgan fingerprint density at radius 2 is 1.42 bits per heavy atom. The topological polar surface area (TPSA) is 78.9 Å². The highest BCUT2D eigenvalue weighted by atomic mass is 19.4. The van der Waals surface area contributed by atoms with E-state index in [2.05, 4.69) is 26.1 Å². The average Bonchev–Trinajstić information content (AvgIpc) is 2.94. The van der Waals surface area contributed by atoms with Crippen LogP contribution in [-0.4, -0.2) is 48.0 Å². The number of hydrogen-bond donors (Lipinski definition) is 2. The van der Waals surface area contributed by atoms with Crippen molar-refractivity contribution in [3.63, 3.8) is 0 Å². The molecule has 6 nitrogen and oxygen atoms in total. The molecule has 45 heavy (non-hydrogen) atoms. The summed E-state index contributed by atoms with van der Waals surface area (Å²) in [6, 6.07) is 8.33. The lowest BCUT2D eigenvalue weighted by Crippen LogP contribution is -2.54. The van der Waals surface area contributed by atoms with Crippen molar-refractivity contribution in [1.82, 2.24) is 10.2 Å². The standard InChI is InChI=1S/C33H44F6N2O4/c1-7-11-24-19-27(31(44,32(34,35)36)33(37,38)39)20-25(12-8-2)28(24)45-18-10-9-17-41(21-42)29(43)40-22(3)23-13-15-26(16-14-23)30(4,5)6/h13-16,19-22,44H,7-12,17-18H2,1-6H3,(H,40,43). The number of urea groups is 1. The zero-order chi connectivity index (χ0) is 34.2. The van der Waals surface area contributed by atoms with Gasteiger partial charge in [-0.25, -0.2) is 4.79 Å². The SMILES string of the molecule is CCCc1cc(C(O)(C(F)(F)F)C(F)(F)F)cc(CCC)c1OCCCCN(C=O)C(=O)NC(C)c1ccc(C(C)(C)C)cc1. The highest BCUT2D eigenvalue weighted by Gasteiger charge is 2.71. The van der Waals surface area contributed by atoms with Crippen molar-refractivity contribution in [1.29, 1.82) is 0 Å². The van der Waals surface area contributed by atoms with Crippen LogP contribution in [0.25, 0.3) is 0 Å². The van der Waals surface area contributed by atoms with E-state index in [1.165, 1.54) is 0 Å². The van der Waals surface area contributed by atoms with Gasteiger partial charge in [0.1, 0.15) is 5.75 Å². The summed E-state index contributed by atoms with van der Waals surface area (Å²) in [6.07, 6.45) is -9.81. The van der Waals surface area contributed by atoms with E-state index in [0.29, 0.717) is 32.1 Å². The maximum absolute atomic E-state index is 13.6. The predicted octanol–water partition coefficient (Wildman–Crippen LogP) is 8.29. The maximum Gasteiger partial charge on any atom is 0.430 e. The molecule has 2 N–H and O–H groups in total. The molecular formula is C33H44F6N2O4. The minimum Gasteiger partial charge on any atom is -0.493 e. The summed E-state index contributed by atoms with van der Waals surface area (Å²) in [5.74, 6) is 0.186. The minimum absolute atomic E-state index is 0.0206. The van der Waals surface area contributed by atoms with Crippen LogP contribution in [0.3, 0.4) is 0 Å². The average molecular weight is 647 g/mol. The van der Waals surface area contributed by atoms with E-state index in [9.17, 15) is 41.0 Å². The molecule has 1 unspecified atom stereocenters. The van der Waals surface area contributed by atoms with Crippen LogP contribution in [0, 0.1) is 0 Å². The fourth-order valence-corrected chi connectivity index (χ4v) is 4.93. The second kappa shape index (κ2) is 15.3. The molecule has 2 aromatic carbocycles. The molecule has 1 atom stereocenters. The van der Waals surface area contributed by atoms with Crippen molar-refractivity contribution in [2.75, 3.05) is 13.2 Å². The molecule has 0 spiro atoms. The summed E-state index contributed by atoms with van der Waals surface area (Å²) in [6.45, 7) is 11.6. The molecule has 0 aliphatic heterocycles. The molecule has 0 heterocycles. The zero-order valence-corrected chi connectivity index (χ0v) is 26.7. The molecule has 2 rings (SSSR count). The summed E-state index contributed by atoms with van der Waals surface area (Å²) in [5, 5.41) is 12.8. The van der Waals surface area contributed by atoms with Gasteiger partial charge in [-0.1, -0.05) is 71.7 Å². The van der Waals surface area contributed by atoms with Gasteiger partial charge in [0.2, 0.25) is 6.41 Å². The van der Waals surface area contributed by atoms with E-state index in [4.69, 9.17) is 4.74 Å². The number of amides is 3. The number of unbranched alkanes of at least 4 members (excludes halogenated alkanes) is 1. The molecule has 0 radical (unpaired) electrons. The van der Waals surface area contributed by atoms with E-state index in [0.717, 1.165) is 28.2 Å². The number of aryl methyl sites for hydroxylation is 2. The molecule has 12 heteroatoms. The number of aliphatic hydroxyl groups is 1. The summed E-state index contributed by atoms with van der Waals surface area (Å²) < 4.78 is 87.6. The molecule has 3 amide bonds. The second-order valence-electron chi connectivity index (χ2n) is 12.2. The first-order valence-corrected chi connectivity index (χ1v) is 15.1. The van der Waals surface area contributed by atoms with Crippen LogP contribution in [0.1, 0.15) is 101 Å². The molecule has 0 aliphatic carbocycles. The first-order chi connectivity index (χ1) is 20.8. The fraction of sp³-hybridized carbons (Fsp3) is 0.576. The van der Waals surface area contributed by atoms with E-state index in [1.807, 2.05) is 24.3 Å². The number of benzene rings is 2. The highest BCUT2D eigenvalue weighted by Crippen LogP contribution is 2.51. The number of nitrogens with one attached hydrogen (secondary N) is 1. The Kier molecular flexibility index (Phi) is 12.9. The molecule has 252 valence electrons. The van der Waals surface area contributed by atoms with Crippen molar-refractivity contribution in [2.45, 2.75) is 109 Å². The third-order valence-electron chi connectivity index (χ3n) is 7.56. The van der Waals surface area contributed by atoms with Crippen molar-refractivity contribution in [2.24, 2.45) is 0 Å². The number of nitrogens with zero attached hydrogens (tertiary/aromatic N) is 1. The minimum atomic E-state index is -5.99. The lowest BCUT2D eigenvalue weighted by Gasteiger charge is -2.33.